The number of hydrogen-bond acceptors (Lipinski definition) is 3. The highest BCUT2D eigenvalue weighted by Crippen LogP contribution is 2.15. The van der Waals surface area contributed by atoms with Crippen LogP contribution in [0.25, 0.3) is 11.4 Å². The number of aromatic hydroxyl groups is 1. The highest BCUT2D eigenvalue weighted by molar-refractivity contribution is 5.53. The number of aryl methyl sites for hydroxylation is 1. The average Bonchev–Trinajstić information content (AvgIpc) is 2.53. The monoisotopic (exact) mass is 175 g/mol. The van der Waals surface area contributed by atoms with Gasteiger partial charge in [-0.3, -0.25) is 4.98 Å². The number of aromatic nitrogens is 3. The molecule has 0 aromatic carbocycles. The third-order valence-corrected chi connectivity index (χ3v) is 1.72. The zero-order valence-corrected chi connectivity index (χ0v) is 7.18. The summed E-state index contributed by atoms with van der Waals surface area (Å²) in [4.78, 5) is 8.17. The van der Waals surface area contributed by atoms with Crippen LogP contribution in [0, 0.1) is 0 Å². The molecule has 0 saturated heterocycles. The predicted octanol–water partition coefficient (Wildman–Crippen LogP) is 1.19. The summed E-state index contributed by atoms with van der Waals surface area (Å²) < 4.78 is 1.85. The summed E-state index contributed by atoms with van der Waals surface area (Å²) in [6.07, 6.45) is 4.99. The third kappa shape index (κ3) is 1.51. The first-order valence-corrected chi connectivity index (χ1v) is 3.89. The minimum Gasteiger partial charge on any atom is -0.506 e. The van der Waals surface area contributed by atoms with Crippen LogP contribution in [-0.4, -0.2) is 19.6 Å². The minimum absolute atomic E-state index is 0.166. The van der Waals surface area contributed by atoms with E-state index in [4.69, 9.17) is 5.11 Å². The van der Waals surface area contributed by atoms with Gasteiger partial charge in [0.25, 0.3) is 0 Å². The van der Waals surface area contributed by atoms with Crippen LogP contribution in [0.5, 0.6) is 5.75 Å². The maximum Gasteiger partial charge on any atom is 0.133 e. The number of rotatable bonds is 1. The summed E-state index contributed by atoms with van der Waals surface area (Å²) in [6.45, 7) is 0. The lowest BCUT2D eigenvalue weighted by Crippen LogP contribution is -1.82. The summed E-state index contributed by atoms with van der Waals surface area (Å²) in [5.41, 5.74) is 1.57. The molecule has 0 bridgehead atoms. The molecule has 2 heterocycles. The van der Waals surface area contributed by atoms with Crippen LogP contribution < -0.4 is 0 Å². The van der Waals surface area contributed by atoms with Crippen LogP contribution in [0.4, 0.5) is 0 Å². The van der Waals surface area contributed by atoms with E-state index in [-0.39, 0.29) is 5.75 Å². The van der Waals surface area contributed by atoms with Gasteiger partial charge in [0, 0.05) is 13.2 Å². The van der Waals surface area contributed by atoms with Crippen molar-refractivity contribution in [1.82, 2.24) is 14.5 Å². The Morgan fingerprint density at radius 2 is 2.08 bits per heavy atom. The Hall–Kier alpha value is -1.84. The lowest BCUT2D eigenvalue weighted by molar-refractivity contribution is 0.473. The first-order valence-electron chi connectivity index (χ1n) is 3.89. The SMILES string of the molecule is Cn1cnc(-c2ccc(O)cn2)c1. The van der Waals surface area contributed by atoms with E-state index in [9.17, 15) is 0 Å². The first-order chi connectivity index (χ1) is 6.25. The molecule has 0 fully saturated rings. The van der Waals surface area contributed by atoms with Gasteiger partial charge in [0.15, 0.2) is 0 Å². The van der Waals surface area contributed by atoms with Gasteiger partial charge in [0.2, 0.25) is 0 Å². The van der Waals surface area contributed by atoms with Crippen LogP contribution in [0.3, 0.4) is 0 Å². The maximum absolute atomic E-state index is 9.02. The smallest absolute Gasteiger partial charge is 0.133 e. The van der Waals surface area contributed by atoms with Gasteiger partial charge in [-0.1, -0.05) is 0 Å². The summed E-state index contributed by atoms with van der Waals surface area (Å²) in [5, 5.41) is 9.02. The molecular formula is C9H9N3O. The van der Waals surface area contributed by atoms with Gasteiger partial charge in [0.05, 0.1) is 18.2 Å². The largest absolute Gasteiger partial charge is 0.506 e. The molecule has 0 aliphatic rings. The van der Waals surface area contributed by atoms with E-state index < -0.39 is 0 Å². The third-order valence-electron chi connectivity index (χ3n) is 1.72. The van der Waals surface area contributed by atoms with Gasteiger partial charge in [-0.15, -0.1) is 0 Å². The fourth-order valence-corrected chi connectivity index (χ4v) is 1.08. The molecule has 0 radical (unpaired) electrons. The maximum atomic E-state index is 9.02. The normalized spacial score (nSPS) is 10.2. The van der Waals surface area contributed by atoms with E-state index in [0.717, 1.165) is 11.4 Å². The number of imidazole rings is 1. The summed E-state index contributed by atoms with van der Waals surface area (Å²) in [7, 11) is 1.90. The first kappa shape index (κ1) is 7.79. The molecule has 4 nitrogen and oxygen atoms in total. The molecule has 2 rings (SSSR count). The molecule has 0 aliphatic carbocycles. The molecular weight excluding hydrogens is 166 g/mol. The molecule has 13 heavy (non-hydrogen) atoms. The number of pyridine rings is 1. The van der Waals surface area contributed by atoms with Crippen molar-refractivity contribution in [1.29, 1.82) is 0 Å². The molecule has 0 aliphatic heterocycles. The average molecular weight is 175 g/mol. The summed E-state index contributed by atoms with van der Waals surface area (Å²) in [6, 6.07) is 3.33. The van der Waals surface area contributed by atoms with Crippen LogP contribution >= 0.6 is 0 Å². The molecule has 66 valence electrons. The number of hydrogen-bond donors (Lipinski definition) is 1. The molecule has 2 aromatic rings. The second-order valence-electron chi connectivity index (χ2n) is 2.83. The van der Waals surface area contributed by atoms with Crippen molar-refractivity contribution in [3.05, 3.63) is 30.9 Å². The minimum atomic E-state index is 0.166. The lowest BCUT2D eigenvalue weighted by atomic mass is 10.3. The molecule has 0 spiro atoms. The standard InChI is InChI=1S/C9H9N3O/c1-12-5-9(11-6-12)8-3-2-7(13)4-10-8/h2-6,13H,1H3. The van der Waals surface area contributed by atoms with E-state index in [1.54, 1.807) is 18.5 Å². The molecule has 0 amide bonds. The Labute approximate surface area is 75.5 Å². The Morgan fingerprint density at radius 3 is 2.62 bits per heavy atom. The van der Waals surface area contributed by atoms with Crippen LogP contribution in [0.2, 0.25) is 0 Å². The van der Waals surface area contributed by atoms with Crippen LogP contribution in [0.15, 0.2) is 30.9 Å². The van der Waals surface area contributed by atoms with Gasteiger partial charge in [-0.25, -0.2) is 4.98 Å². The van der Waals surface area contributed by atoms with Crippen molar-refractivity contribution in [2.75, 3.05) is 0 Å². The quantitative estimate of drug-likeness (QED) is 0.708. The van der Waals surface area contributed by atoms with Crippen molar-refractivity contribution in [2.45, 2.75) is 0 Å². The Balaban J connectivity index is 2.41. The molecule has 4 heteroatoms. The predicted molar refractivity (Wildman–Crippen MR) is 48.1 cm³/mol. The van der Waals surface area contributed by atoms with Crippen LogP contribution in [0.1, 0.15) is 0 Å². The zero-order chi connectivity index (χ0) is 9.26. The molecule has 0 saturated carbocycles. The lowest BCUT2D eigenvalue weighted by Gasteiger charge is -1.94. The highest BCUT2D eigenvalue weighted by Gasteiger charge is 2.01. The molecule has 0 atom stereocenters. The summed E-state index contributed by atoms with van der Waals surface area (Å²) >= 11 is 0. The molecule has 1 N–H and O–H groups in total. The Bertz CT molecular complexity index is 405. The van der Waals surface area contributed by atoms with Gasteiger partial charge < -0.3 is 9.67 Å². The van der Waals surface area contributed by atoms with E-state index in [1.807, 2.05) is 17.8 Å². The summed E-state index contributed by atoms with van der Waals surface area (Å²) in [5.74, 6) is 0.166. The van der Waals surface area contributed by atoms with Gasteiger partial charge in [-0.2, -0.15) is 0 Å². The van der Waals surface area contributed by atoms with Crippen molar-refractivity contribution in [3.8, 4) is 17.1 Å². The van der Waals surface area contributed by atoms with Crippen molar-refractivity contribution < 1.29 is 5.11 Å². The molecule has 2 aromatic heterocycles. The number of nitrogens with zero attached hydrogens (tertiary/aromatic N) is 3. The zero-order valence-electron chi connectivity index (χ0n) is 7.18. The second kappa shape index (κ2) is 2.90. The molecule has 0 unspecified atom stereocenters. The van der Waals surface area contributed by atoms with Crippen molar-refractivity contribution >= 4 is 0 Å². The van der Waals surface area contributed by atoms with E-state index in [1.165, 1.54) is 6.20 Å². The van der Waals surface area contributed by atoms with E-state index >= 15 is 0 Å². The van der Waals surface area contributed by atoms with Crippen molar-refractivity contribution in [2.24, 2.45) is 7.05 Å². The van der Waals surface area contributed by atoms with E-state index in [0.29, 0.717) is 0 Å². The van der Waals surface area contributed by atoms with Gasteiger partial charge in [-0.05, 0) is 12.1 Å². The Morgan fingerprint density at radius 1 is 1.23 bits per heavy atom. The fraction of sp³-hybridized carbons (Fsp3) is 0.111. The van der Waals surface area contributed by atoms with Crippen LogP contribution in [-0.2, 0) is 7.05 Å². The topological polar surface area (TPSA) is 50.9 Å². The Kier molecular flexibility index (Phi) is 1.73. The second-order valence-corrected chi connectivity index (χ2v) is 2.83. The highest BCUT2D eigenvalue weighted by atomic mass is 16.3. The fourth-order valence-electron chi connectivity index (χ4n) is 1.08. The van der Waals surface area contributed by atoms with E-state index in [2.05, 4.69) is 9.97 Å². The van der Waals surface area contributed by atoms with Gasteiger partial charge in [0.1, 0.15) is 11.4 Å². The van der Waals surface area contributed by atoms with Crippen molar-refractivity contribution in [3.63, 3.8) is 0 Å². The van der Waals surface area contributed by atoms with Gasteiger partial charge >= 0.3 is 0 Å².